The summed E-state index contributed by atoms with van der Waals surface area (Å²) in [5, 5.41) is 4.16. The number of benzene rings is 2. The van der Waals surface area contributed by atoms with Gasteiger partial charge in [-0.05, 0) is 31.5 Å². The predicted molar refractivity (Wildman–Crippen MR) is 110 cm³/mol. The van der Waals surface area contributed by atoms with E-state index in [0.29, 0.717) is 27.4 Å². The van der Waals surface area contributed by atoms with Crippen LogP contribution < -0.4 is 10.1 Å². The van der Waals surface area contributed by atoms with E-state index in [1.54, 1.807) is 31.2 Å². The number of H-pyrrole nitrogens is 1. The molecule has 146 valence electrons. The number of hydrogen-bond donors (Lipinski definition) is 2. The van der Waals surface area contributed by atoms with Crippen LogP contribution in [0.3, 0.4) is 0 Å². The summed E-state index contributed by atoms with van der Waals surface area (Å²) in [6, 6.07) is 10.5. The molecule has 6 nitrogen and oxygen atoms in total. The van der Waals surface area contributed by atoms with Gasteiger partial charge in [-0.2, -0.15) is 0 Å². The average molecular weight is 421 g/mol. The van der Waals surface area contributed by atoms with E-state index in [4.69, 9.17) is 32.7 Å². The van der Waals surface area contributed by atoms with Gasteiger partial charge in [-0.1, -0.05) is 41.4 Å². The molecule has 0 saturated carbocycles. The van der Waals surface area contributed by atoms with E-state index in [-0.39, 0.29) is 10.7 Å². The van der Waals surface area contributed by atoms with Crippen LogP contribution in [0.25, 0.3) is 10.9 Å². The van der Waals surface area contributed by atoms with Gasteiger partial charge in [-0.15, -0.1) is 0 Å². The van der Waals surface area contributed by atoms with Gasteiger partial charge >= 0.3 is 5.97 Å². The van der Waals surface area contributed by atoms with Crippen LogP contribution >= 0.6 is 23.2 Å². The van der Waals surface area contributed by atoms with Crippen LogP contribution in [0, 0.1) is 6.92 Å². The van der Waals surface area contributed by atoms with Crippen LogP contribution in [0.5, 0.6) is 5.75 Å². The first-order chi connectivity index (χ1) is 13.3. The Bertz CT molecular complexity index is 1060. The number of halogens is 2. The number of aromatic nitrogens is 1. The molecular formula is C20H18Cl2N2O4. The summed E-state index contributed by atoms with van der Waals surface area (Å²) in [6.07, 6.45) is -1.06. The number of esters is 1. The molecule has 3 rings (SSSR count). The van der Waals surface area contributed by atoms with Crippen molar-refractivity contribution in [3.05, 3.63) is 57.7 Å². The summed E-state index contributed by atoms with van der Waals surface area (Å²) in [6.45, 7) is 3.28. The Kier molecular flexibility index (Phi) is 5.82. The molecule has 3 aromatic rings. The number of amides is 1. The lowest BCUT2D eigenvalue weighted by atomic mass is 10.2. The molecule has 0 aliphatic rings. The van der Waals surface area contributed by atoms with E-state index in [0.717, 1.165) is 5.56 Å². The van der Waals surface area contributed by atoms with E-state index < -0.39 is 18.0 Å². The van der Waals surface area contributed by atoms with E-state index in [9.17, 15) is 9.59 Å². The molecule has 8 heteroatoms. The van der Waals surface area contributed by atoms with Gasteiger partial charge < -0.3 is 19.8 Å². The fraction of sp³-hybridized carbons (Fsp3) is 0.200. The third kappa shape index (κ3) is 3.93. The normalized spacial score (nSPS) is 11.9. The van der Waals surface area contributed by atoms with E-state index in [1.165, 1.54) is 14.0 Å². The van der Waals surface area contributed by atoms with Gasteiger partial charge in [-0.3, -0.25) is 4.79 Å². The van der Waals surface area contributed by atoms with Crippen molar-refractivity contribution in [1.82, 2.24) is 4.98 Å². The number of aryl methyl sites for hydroxylation is 1. The Morgan fingerprint density at radius 3 is 2.57 bits per heavy atom. The zero-order chi connectivity index (χ0) is 20.4. The fourth-order valence-electron chi connectivity index (χ4n) is 2.69. The van der Waals surface area contributed by atoms with Crippen LogP contribution in [-0.4, -0.2) is 30.1 Å². The van der Waals surface area contributed by atoms with Gasteiger partial charge in [0.2, 0.25) is 0 Å². The first kappa shape index (κ1) is 20.0. The molecular weight excluding hydrogens is 403 g/mol. The number of methoxy groups -OCH3 is 1. The monoisotopic (exact) mass is 420 g/mol. The molecule has 2 N–H and O–H groups in total. The highest BCUT2D eigenvalue weighted by Crippen LogP contribution is 2.31. The third-order valence-corrected chi connectivity index (χ3v) is 5.04. The van der Waals surface area contributed by atoms with Crippen LogP contribution in [-0.2, 0) is 9.53 Å². The Labute approximate surface area is 171 Å². The molecule has 1 aromatic heterocycles. The minimum atomic E-state index is -1.06. The number of anilines is 1. The Morgan fingerprint density at radius 2 is 1.89 bits per heavy atom. The van der Waals surface area contributed by atoms with Gasteiger partial charge in [0.1, 0.15) is 11.4 Å². The standard InChI is InChI=1S/C20H18Cl2N2O4/c1-10-8-15(16(27-3)9-13(10)21)24-19(25)11(2)28-20(26)18-17(22)12-6-4-5-7-14(12)23-18/h4-9,11,23H,1-3H3,(H,24,25)/t11-/m1/s1. The number of carbonyl (C=O) groups excluding carboxylic acids is 2. The van der Waals surface area contributed by atoms with Crippen molar-refractivity contribution in [2.75, 3.05) is 12.4 Å². The molecule has 1 amide bonds. The average Bonchev–Trinajstić information content (AvgIpc) is 3.01. The van der Waals surface area contributed by atoms with Gasteiger partial charge in [0.15, 0.2) is 6.10 Å². The first-order valence-electron chi connectivity index (χ1n) is 8.44. The fourth-order valence-corrected chi connectivity index (χ4v) is 3.13. The number of aromatic amines is 1. The second-order valence-corrected chi connectivity index (χ2v) is 6.98. The second-order valence-electron chi connectivity index (χ2n) is 6.20. The number of ether oxygens (including phenoxy) is 2. The maximum atomic E-state index is 12.5. The largest absolute Gasteiger partial charge is 0.495 e. The number of nitrogens with one attached hydrogen (secondary N) is 2. The zero-order valence-corrected chi connectivity index (χ0v) is 16.9. The van der Waals surface area contributed by atoms with Crippen LogP contribution in [0.2, 0.25) is 10.0 Å². The summed E-state index contributed by atoms with van der Waals surface area (Å²) in [4.78, 5) is 27.9. The molecule has 2 aromatic carbocycles. The van der Waals surface area contributed by atoms with E-state index in [2.05, 4.69) is 10.3 Å². The van der Waals surface area contributed by atoms with Gasteiger partial charge in [0.25, 0.3) is 5.91 Å². The van der Waals surface area contributed by atoms with Crippen LogP contribution in [0.15, 0.2) is 36.4 Å². The highest BCUT2D eigenvalue weighted by molar-refractivity contribution is 6.38. The predicted octanol–water partition coefficient (Wildman–Crippen LogP) is 4.98. The summed E-state index contributed by atoms with van der Waals surface area (Å²) < 4.78 is 10.5. The highest BCUT2D eigenvalue weighted by Gasteiger charge is 2.24. The van der Waals surface area contributed by atoms with Crippen molar-refractivity contribution in [1.29, 1.82) is 0 Å². The number of carbonyl (C=O) groups is 2. The number of hydrogen-bond acceptors (Lipinski definition) is 4. The zero-order valence-electron chi connectivity index (χ0n) is 15.4. The maximum Gasteiger partial charge on any atom is 0.357 e. The summed E-state index contributed by atoms with van der Waals surface area (Å²) in [7, 11) is 1.47. The molecule has 0 aliphatic carbocycles. The summed E-state index contributed by atoms with van der Waals surface area (Å²) in [5.74, 6) is -0.829. The van der Waals surface area contributed by atoms with Crippen molar-refractivity contribution in [3.8, 4) is 5.75 Å². The SMILES string of the molecule is COc1cc(Cl)c(C)cc1NC(=O)[C@@H](C)OC(=O)c1[nH]c2ccccc2c1Cl. The van der Waals surface area contributed by atoms with Crippen molar-refractivity contribution in [2.24, 2.45) is 0 Å². The second kappa shape index (κ2) is 8.12. The smallest absolute Gasteiger partial charge is 0.357 e. The lowest BCUT2D eigenvalue weighted by Crippen LogP contribution is -2.30. The topological polar surface area (TPSA) is 80.4 Å². The van der Waals surface area contributed by atoms with Crippen molar-refractivity contribution < 1.29 is 19.1 Å². The van der Waals surface area contributed by atoms with Crippen LogP contribution in [0.4, 0.5) is 5.69 Å². The summed E-state index contributed by atoms with van der Waals surface area (Å²) >= 11 is 12.3. The Balaban J connectivity index is 1.74. The van der Waals surface area contributed by atoms with E-state index >= 15 is 0 Å². The number of rotatable bonds is 5. The summed E-state index contributed by atoms with van der Waals surface area (Å²) in [5.41, 5.74) is 2.01. The van der Waals surface area contributed by atoms with Crippen LogP contribution in [0.1, 0.15) is 23.0 Å². The molecule has 0 fully saturated rings. The van der Waals surface area contributed by atoms with Crippen molar-refractivity contribution in [2.45, 2.75) is 20.0 Å². The molecule has 1 atom stereocenters. The number of para-hydroxylation sites is 1. The van der Waals surface area contributed by atoms with Gasteiger partial charge in [0, 0.05) is 22.0 Å². The minimum absolute atomic E-state index is 0.0995. The lowest BCUT2D eigenvalue weighted by molar-refractivity contribution is -0.123. The van der Waals surface area contributed by atoms with Crippen molar-refractivity contribution in [3.63, 3.8) is 0 Å². The quantitative estimate of drug-likeness (QED) is 0.570. The third-order valence-electron chi connectivity index (χ3n) is 4.24. The van der Waals surface area contributed by atoms with Gasteiger partial charge in [-0.25, -0.2) is 4.79 Å². The Morgan fingerprint density at radius 1 is 1.18 bits per heavy atom. The van der Waals surface area contributed by atoms with Gasteiger partial charge in [0.05, 0.1) is 17.8 Å². The molecule has 0 radical (unpaired) electrons. The lowest BCUT2D eigenvalue weighted by Gasteiger charge is -2.16. The van der Waals surface area contributed by atoms with Crippen molar-refractivity contribution >= 4 is 51.7 Å². The van der Waals surface area contributed by atoms with E-state index in [1.807, 2.05) is 12.1 Å². The minimum Gasteiger partial charge on any atom is -0.495 e. The highest BCUT2D eigenvalue weighted by atomic mass is 35.5. The molecule has 0 bridgehead atoms. The molecule has 1 heterocycles. The first-order valence-corrected chi connectivity index (χ1v) is 9.19. The maximum absolute atomic E-state index is 12.5. The molecule has 0 aliphatic heterocycles. The number of fused-ring (bicyclic) bond motifs is 1. The molecule has 0 unspecified atom stereocenters. The molecule has 0 saturated heterocycles. The Hall–Kier alpha value is -2.70. The molecule has 28 heavy (non-hydrogen) atoms. The molecule has 0 spiro atoms.